The fraction of sp³-hybridized carbons (Fsp3) is 0.300. The molecule has 0 aromatic heterocycles. The smallest absolute Gasteiger partial charge is 0.227 e. The fourth-order valence-corrected chi connectivity index (χ4v) is 3.29. The zero-order valence-electron chi connectivity index (χ0n) is 14.8. The number of halogens is 1. The van der Waals surface area contributed by atoms with Gasteiger partial charge in [0.1, 0.15) is 5.75 Å². The van der Waals surface area contributed by atoms with E-state index in [1.54, 1.807) is 30.2 Å². The molecule has 2 aromatic carbocycles. The van der Waals surface area contributed by atoms with E-state index in [1.165, 1.54) is 0 Å². The van der Waals surface area contributed by atoms with Gasteiger partial charge in [-0.05, 0) is 36.2 Å². The van der Waals surface area contributed by atoms with Crippen molar-refractivity contribution in [3.05, 3.63) is 58.6 Å². The van der Waals surface area contributed by atoms with Gasteiger partial charge in [-0.15, -0.1) is 0 Å². The molecule has 0 aliphatic carbocycles. The molecule has 1 aliphatic heterocycles. The van der Waals surface area contributed by atoms with Crippen molar-refractivity contribution in [2.75, 3.05) is 18.6 Å². The van der Waals surface area contributed by atoms with E-state index in [9.17, 15) is 9.59 Å². The Morgan fingerprint density at radius 3 is 2.81 bits per heavy atom. The molecule has 3 rings (SSSR count). The average Bonchev–Trinajstić information content (AvgIpc) is 3.02. The number of methoxy groups -OCH3 is 1. The largest absolute Gasteiger partial charge is 0.495 e. The molecule has 2 amide bonds. The summed E-state index contributed by atoms with van der Waals surface area (Å²) in [7, 11) is 1.54. The molecule has 1 atom stereocenters. The predicted octanol–water partition coefficient (Wildman–Crippen LogP) is 3.33. The summed E-state index contributed by atoms with van der Waals surface area (Å²) in [4.78, 5) is 26.5. The molecule has 1 aliphatic rings. The highest BCUT2D eigenvalue weighted by atomic mass is 35.5. The van der Waals surface area contributed by atoms with Crippen LogP contribution >= 0.6 is 11.6 Å². The molecule has 6 heteroatoms. The summed E-state index contributed by atoms with van der Waals surface area (Å²) in [5.74, 6) is -0.0642. The van der Waals surface area contributed by atoms with Gasteiger partial charge in [-0.2, -0.15) is 0 Å². The van der Waals surface area contributed by atoms with Crippen molar-refractivity contribution in [2.24, 2.45) is 5.92 Å². The van der Waals surface area contributed by atoms with Crippen molar-refractivity contribution in [1.29, 1.82) is 0 Å². The van der Waals surface area contributed by atoms with E-state index in [2.05, 4.69) is 5.32 Å². The zero-order chi connectivity index (χ0) is 18.7. The highest BCUT2D eigenvalue weighted by molar-refractivity contribution is 6.31. The van der Waals surface area contributed by atoms with E-state index >= 15 is 0 Å². The first-order valence-electron chi connectivity index (χ1n) is 8.45. The first-order valence-corrected chi connectivity index (χ1v) is 8.83. The maximum absolute atomic E-state index is 12.5. The van der Waals surface area contributed by atoms with Crippen molar-refractivity contribution in [3.63, 3.8) is 0 Å². The van der Waals surface area contributed by atoms with Crippen LogP contribution in [0.15, 0.2) is 42.5 Å². The van der Waals surface area contributed by atoms with Crippen LogP contribution < -0.4 is 15.0 Å². The second-order valence-corrected chi connectivity index (χ2v) is 6.80. The number of anilines is 1. The molecule has 26 heavy (non-hydrogen) atoms. The topological polar surface area (TPSA) is 58.6 Å². The van der Waals surface area contributed by atoms with Gasteiger partial charge in [0.15, 0.2) is 0 Å². The van der Waals surface area contributed by atoms with E-state index in [0.717, 1.165) is 11.1 Å². The molecule has 0 bridgehead atoms. The maximum atomic E-state index is 12.5. The maximum Gasteiger partial charge on any atom is 0.227 e. The van der Waals surface area contributed by atoms with Gasteiger partial charge >= 0.3 is 0 Å². The van der Waals surface area contributed by atoms with E-state index in [1.807, 2.05) is 31.2 Å². The Bertz CT molecular complexity index is 838. The van der Waals surface area contributed by atoms with Crippen LogP contribution in [0.2, 0.25) is 5.02 Å². The van der Waals surface area contributed by atoms with Gasteiger partial charge in [-0.3, -0.25) is 9.59 Å². The minimum Gasteiger partial charge on any atom is -0.495 e. The van der Waals surface area contributed by atoms with Gasteiger partial charge < -0.3 is 15.0 Å². The number of ether oxygens (including phenoxy) is 1. The summed E-state index contributed by atoms with van der Waals surface area (Å²) in [6.07, 6.45) is 0.176. The average molecular weight is 373 g/mol. The number of benzene rings is 2. The fourth-order valence-electron chi connectivity index (χ4n) is 3.13. The lowest BCUT2D eigenvalue weighted by atomic mass is 10.1. The molecule has 0 saturated carbocycles. The summed E-state index contributed by atoms with van der Waals surface area (Å²) in [5, 5.41) is 3.45. The Morgan fingerprint density at radius 1 is 1.31 bits per heavy atom. The number of nitrogens with one attached hydrogen (secondary N) is 1. The van der Waals surface area contributed by atoms with Crippen LogP contribution in [0.5, 0.6) is 5.75 Å². The van der Waals surface area contributed by atoms with Crippen LogP contribution in [-0.2, 0) is 16.1 Å². The molecular formula is C20H21ClN2O3. The first-order chi connectivity index (χ1) is 12.5. The van der Waals surface area contributed by atoms with Crippen LogP contribution in [0.1, 0.15) is 17.5 Å². The summed E-state index contributed by atoms with van der Waals surface area (Å²) in [6, 6.07) is 13.0. The molecule has 1 N–H and O–H groups in total. The quantitative estimate of drug-likeness (QED) is 0.875. The molecule has 1 heterocycles. The Morgan fingerprint density at radius 2 is 2.08 bits per heavy atom. The van der Waals surface area contributed by atoms with Gasteiger partial charge in [0.05, 0.1) is 18.7 Å². The van der Waals surface area contributed by atoms with E-state index in [-0.39, 0.29) is 18.2 Å². The molecule has 0 spiro atoms. The van der Waals surface area contributed by atoms with Crippen LogP contribution in [-0.4, -0.2) is 25.5 Å². The number of amides is 2. The number of carbonyl (C=O) groups excluding carboxylic acids is 2. The summed E-state index contributed by atoms with van der Waals surface area (Å²) < 4.78 is 5.32. The third-order valence-electron chi connectivity index (χ3n) is 4.64. The standard InChI is InChI=1S/C20H21ClN2O3/c1-13-5-3-4-6-14(13)11-22-20(25)15-9-19(24)23(12-15)17-10-16(21)7-8-18(17)26-2/h3-8,10,15H,9,11-12H2,1-2H3,(H,22,25). The SMILES string of the molecule is COc1ccc(Cl)cc1N1CC(C(=O)NCc2ccccc2C)CC1=O. The van der Waals surface area contributed by atoms with Gasteiger partial charge in [-0.1, -0.05) is 35.9 Å². The second-order valence-electron chi connectivity index (χ2n) is 6.37. The third kappa shape index (κ3) is 3.83. The lowest BCUT2D eigenvalue weighted by Crippen LogP contribution is -2.32. The lowest BCUT2D eigenvalue weighted by molar-refractivity contribution is -0.126. The molecule has 0 radical (unpaired) electrons. The Kier molecular flexibility index (Phi) is 5.47. The zero-order valence-corrected chi connectivity index (χ0v) is 15.5. The van der Waals surface area contributed by atoms with Crippen molar-refractivity contribution in [2.45, 2.75) is 19.9 Å². The summed E-state index contributed by atoms with van der Waals surface area (Å²) in [6.45, 7) is 2.78. The summed E-state index contributed by atoms with van der Waals surface area (Å²) >= 11 is 6.06. The Labute approximate surface area is 157 Å². The molecule has 1 fully saturated rings. The number of nitrogens with zero attached hydrogens (tertiary/aromatic N) is 1. The number of hydrogen-bond acceptors (Lipinski definition) is 3. The van der Waals surface area contributed by atoms with Gasteiger partial charge in [0, 0.05) is 24.5 Å². The molecule has 136 valence electrons. The normalized spacial score (nSPS) is 16.7. The number of carbonyl (C=O) groups is 2. The second kappa shape index (κ2) is 7.79. The minimum absolute atomic E-state index is 0.110. The lowest BCUT2D eigenvalue weighted by Gasteiger charge is -2.20. The van der Waals surface area contributed by atoms with Crippen LogP contribution in [0.25, 0.3) is 0 Å². The predicted molar refractivity (Wildman–Crippen MR) is 101 cm³/mol. The molecule has 1 saturated heterocycles. The van der Waals surface area contributed by atoms with E-state index in [4.69, 9.17) is 16.3 Å². The summed E-state index contributed by atoms with van der Waals surface area (Å²) in [5.41, 5.74) is 2.79. The Balaban J connectivity index is 1.69. The van der Waals surface area contributed by atoms with Crippen LogP contribution in [0.4, 0.5) is 5.69 Å². The molecular weight excluding hydrogens is 352 g/mol. The van der Waals surface area contributed by atoms with Gasteiger partial charge in [0.25, 0.3) is 0 Å². The number of rotatable bonds is 5. The number of hydrogen-bond donors (Lipinski definition) is 1. The van der Waals surface area contributed by atoms with Gasteiger partial charge in [0.2, 0.25) is 11.8 Å². The third-order valence-corrected chi connectivity index (χ3v) is 4.88. The van der Waals surface area contributed by atoms with E-state index < -0.39 is 5.92 Å². The van der Waals surface area contributed by atoms with E-state index in [0.29, 0.717) is 29.5 Å². The van der Waals surface area contributed by atoms with Crippen molar-refractivity contribution in [3.8, 4) is 5.75 Å². The highest BCUT2D eigenvalue weighted by Crippen LogP contribution is 2.35. The van der Waals surface area contributed by atoms with Gasteiger partial charge in [-0.25, -0.2) is 0 Å². The number of aryl methyl sites for hydroxylation is 1. The molecule has 5 nitrogen and oxygen atoms in total. The molecule has 2 aromatic rings. The van der Waals surface area contributed by atoms with Crippen molar-refractivity contribution in [1.82, 2.24) is 5.32 Å². The van der Waals surface area contributed by atoms with Crippen LogP contribution in [0, 0.1) is 12.8 Å². The van der Waals surface area contributed by atoms with Crippen molar-refractivity contribution >= 4 is 29.1 Å². The first kappa shape index (κ1) is 18.3. The highest BCUT2D eigenvalue weighted by Gasteiger charge is 2.36. The molecule has 1 unspecified atom stereocenters. The van der Waals surface area contributed by atoms with Crippen LogP contribution in [0.3, 0.4) is 0 Å². The minimum atomic E-state index is -0.393. The van der Waals surface area contributed by atoms with Crippen molar-refractivity contribution < 1.29 is 14.3 Å². The Hall–Kier alpha value is -2.53. The monoisotopic (exact) mass is 372 g/mol.